The third-order valence-corrected chi connectivity index (χ3v) is 6.77. The van der Waals surface area contributed by atoms with Gasteiger partial charge < -0.3 is 10.2 Å². The van der Waals surface area contributed by atoms with Gasteiger partial charge in [0.25, 0.3) is 0 Å². The molecule has 3 aromatic rings. The molecule has 0 radical (unpaired) electrons. The Kier molecular flexibility index (Phi) is 7.23. The Morgan fingerprint density at radius 2 is 1.70 bits per heavy atom. The summed E-state index contributed by atoms with van der Waals surface area (Å²) in [7, 11) is -3.83. The smallest absolute Gasteiger partial charge is 0.241 e. The number of carbonyl (C=O) groups is 1. The minimum atomic E-state index is -3.83. The molecule has 0 aliphatic carbocycles. The highest BCUT2D eigenvalue weighted by molar-refractivity contribution is 7.93. The van der Waals surface area contributed by atoms with Crippen LogP contribution < -0.4 is 14.9 Å². The van der Waals surface area contributed by atoms with E-state index in [1.165, 1.54) is 25.6 Å². The molecule has 2 N–H and O–H groups in total. The summed E-state index contributed by atoms with van der Waals surface area (Å²) >= 11 is 0. The first-order valence-electron chi connectivity index (χ1n) is 11.0. The molecule has 10 heteroatoms. The number of carbonyl (C=O) groups excluding carboxylic acids is 1. The number of hydrogen-bond donors (Lipinski definition) is 2. The van der Waals surface area contributed by atoms with Crippen molar-refractivity contribution in [1.29, 1.82) is 0 Å². The van der Waals surface area contributed by atoms with Crippen LogP contribution in [-0.2, 0) is 27.9 Å². The minimum Gasteiger partial charge on any atom is -0.372 e. The summed E-state index contributed by atoms with van der Waals surface area (Å²) < 4.78 is 29.2. The van der Waals surface area contributed by atoms with E-state index in [9.17, 15) is 13.2 Å². The van der Waals surface area contributed by atoms with E-state index in [0.717, 1.165) is 29.9 Å². The quantitative estimate of drug-likeness (QED) is 0.499. The van der Waals surface area contributed by atoms with Crippen molar-refractivity contribution in [3.05, 3.63) is 72.3 Å². The summed E-state index contributed by atoms with van der Waals surface area (Å²) in [4.78, 5) is 18.6. The fourth-order valence-electron chi connectivity index (χ4n) is 3.90. The Bertz CT molecular complexity index is 1160. The molecular weight excluding hydrogens is 440 g/mol. The summed E-state index contributed by atoms with van der Waals surface area (Å²) in [6, 6.07) is 14.9. The van der Waals surface area contributed by atoms with Gasteiger partial charge in [-0.1, -0.05) is 24.3 Å². The molecule has 0 atom stereocenters. The van der Waals surface area contributed by atoms with Crippen LogP contribution in [0.5, 0.6) is 0 Å². The second-order valence-corrected chi connectivity index (χ2v) is 9.82. The molecule has 1 aromatic heterocycles. The Morgan fingerprint density at radius 1 is 0.970 bits per heavy atom. The third-order valence-electron chi connectivity index (χ3n) is 5.58. The van der Waals surface area contributed by atoms with Gasteiger partial charge in [-0.3, -0.25) is 9.52 Å². The third kappa shape index (κ3) is 6.55. The summed E-state index contributed by atoms with van der Waals surface area (Å²) in [6.07, 6.45) is 6.68. The van der Waals surface area contributed by atoms with Gasteiger partial charge in [0.2, 0.25) is 15.9 Å². The van der Waals surface area contributed by atoms with Gasteiger partial charge >= 0.3 is 0 Å². The van der Waals surface area contributed by atoms with Crippen LogP contribution in [0.25, 0.3) is 0 Å². The highest BCUT2D eigenvalue weighted by Crippen LogP contribution is 2.22. The zero-order valence-electron chi connectivity index (χ0n) is 18.4. The first-order chi connectivity index (χ1) is 16.0. The second kappa shape index (κ2) is 10.5. The Balaban J connectivity index is 1.30. The SMILES string of the molecule is O=C(CS(=O)(=O)Nc1ccc(N2CCCCC2)cc1)NCc1ccccc1Cn1cncn1. The van der Waals surface area contributed by atoms with E-state index in [-0.39, 0.29) is 6.54 Å². The molecule has 9 nitrogen and oxygen atoms in total. The average Bonchev–Trinajstić information content (AvgIpc) is 3.32. The van der Waals surface area contributed by atoms with Crippen molar-refractivity contribution in [2.24, 2.45) is 0 Å². The molecule has 0 spiro atoms. The number of piperidine rings is 1. The van der Waals surface area contributed by atoms with E-state index >= 15 is 0 Å². The van der Waals surface area contributed by atoms with Crippen molar-refractivity contribution < 1.29 is 13.2 Å². The van der Waals surface area contributed by atoms with Crippen molar-refractivity contribution in [3.63, 3.8) is 0 Å². The molecule has 0 bridgehead atoms. The van der Waals surface area contributed by atoms with Crippen LogP contribution in [0.15, 0.2) is 61.2 Å². The van der Waals surface area contributed by atoms with Gasteiger partial charge in [0.1, 0.15) is 18.4 Å². The molecule has 1 saturated heterocycles. The van der Waals surface area contributed by atoms with Gasteiger partial charge in [-0.2, -0.15) is 5.10 Å². The van der Waals surface area contributed by atoms with Crippen LogP contribution in [0, 0.1) is 0 Å². The fraction of sp³-hybridized carbons (Fsp3) is 0.348. The van der Waals surface area contributed by atoms with Crippen LogP contribution in [-0.4, -0.2) is 47.9 Å². The number of hydrogen-bond acceptors (Lipinski definition) is 6. The monoisotopic (exact) mass is 468 g/mol. The number of rotatable bonds is 9. The number of aromatic nitrogens is 3. The van der Waals surface area contributed by atoms with Crippen molar-refractivity contribution in [2.45, 2.75) is 32.4 Å². The van der Waals surface area contributed by atoms with Gasteiger partial charge in [0.15, 0.2) is 0 Å². The van der Waals surface area contributed by atoms with E-state index in [0.29, 0.717) is 12.2 Å². The van der Waals surface area contributed by atoms with Crippen molar-refractivity contribution in [1.82, 2.24) is 20.1 Å². The Hall–Kier alpha value is -3.40. The maximum Gasteiger partial charge on any atom is 0.241 e. The average molecular weight is 469 g/mol. The number of anilines is 2. The van der Waals surface area contributed by atoms with Crippen molar-refractivity contribution >= 4 is 27.3 Å². The lowest BCUT2D eigenvalue weighted by Gasteiger charge is -2.28. The maximum atomic E-state index is 12.5. The fourth-order valence-corrected chi connectivity index (χ4v) is 4.91. The van der Waals surface area contributed by atoms with Crippen molar-refractivity contribution in [2.75, 3.05) is 28.5 Å². The summed E-state index contributed by atoms with van der Waals surface area (Å²) in [6.45, 7) is 2.78. The zero-order chi connectivity index (χ0) is 23.1. The van der Waals surface area contributed by atoms with Crippen LogP contribution in [0.3, 0.4) is 0 Å². The zero-order valence-corrected chi connectivity index (χ0v) is 19.2. The van der Waals surface area contributed by atoms with Gasteiger partial charge in [0.05, 0.1) is 6.54 Å². The van der Waals surface area contributed by atoms with Crippen LogP contribution in [0.4, 0.5) is 11.4 Å². The molecule has 0 saturated carbocycles. The molecule has 1 aliphatic heterocycles. The normalized spacial score (nSPS) is 14.1. The highest BCUT2D eigenvalue weighted by Gasteiger charge is 2.17. The number of nitrogens with one attached hydrogen (secondary N) is 2. The summed E-state index contributed by atoms with van der Waals surface area (Å²) in [5.41, 5.74) is 3.39. The van der Waals surface area contributed by atoms with E-state index in [1.54, 1.807) is 23.1 Å². The largest absolute Gasteiger partial charge is 0.372 e. The lowest BCUT2D eigenvalue weighted by molar-refractivity contribution is -0.118. The molecule has 2 aromatic carbocycles. The highest BCUT2D eigenvalue weighted by atomic mass is 32.2. The van der Waals surface area contributed by atoms with Crippen molar-refractivity contribution in [3.8, 4) is 0 Å². The van der Waals surface area contributed by atoms with E-state index < -0.39 is 21.7 Å². The van der Waals surface area contributed by atoms with Gasteiger partial charge in [-0.05, 0) is 54.7 Å². The predicted octanol–water partition coefficient (Wildman–Crippen LogP) is 2.37. The topological polar surface area (TPSA) is 109 Å². The molecule has 1 fully saturated rings. The molecule has 4 rings (SSSR count). The molecule has 0 unspecified atom stereocenters. The van der Waals surface area contributed by atoms with E-state index in [2.05, 4.69) is 25.0 Å². The minimum absolute atomic E-state index is 0.226. The van der Waals surface area contributed by atoms with Crippen LogP contribution >= 0.6 is 0 Å². The predicted molar refractivity (Wildman–Crippen MR) is 127 cm³/mol. The number of amides is 1. The molecule has 33 heavy (non-hydrogen) atoms. The first-order valence-corrected chi connectivity index (χ1v) is 12.7. The number of benzene rings is 2. The van der Waals surface area contributed by atoms with Gasteiger partial charge in [-0.15, -0.1) is 0 Å². The second-order valence-electron chi connectivity index (χ2n) is 8.09. The molecule has 1 aliphatic rings. The number of nitrogens with zero attached hydrogens (tertiary/aromatic N) is 4. The molecule has 2 heterocycles. The first kappa shape index (κ1) is 22.8. The number of sulfonamides is 1. The van der Waals surface area contributed by atoms with E-state index in [1.807, 2.05) is 36.4 Å². The Morgan fingerprint density at radius 3 is 2.39 bits per heavy atom. The van der Waals surface area contributed by atoms with Gasteiger partial charge in [-0.25, -0.2) is 18.1 Å². The molecular formula is C23H28N6O3S. The molecule has 1 amide bonds. The van der Waals surface area contributed by atoms with Crippen LogP contribution in [0.2, 0.25) is 0 Å². The van der Waals surface area contributed by atoms with Gasteiger partial charge in [0, 0.05) is 31.0 Å². The van der Waals surface area contributed by atoms with Crippen LogP contribution in [0.1, 0.15) is 30.4 Å². The molecule has 174 valence electrons. The lowest BCUT2D eigenvalue weighted by atomic mass is 10.1. The summed E-state index contributed by atoms with van der Waals surface area (Å²) in [5, 5.41) is 6.80. The Labute approximate surface area is 193 Å². The lowest BCUT2D eigenvalue weighted by Crippen LogP contribution is -2.33. The summed E-state index contributed by atoms with van der Waals surface area (Å²) in [5.74, 6) is -1.21. The standard InChI is InChI=1S/C23H28N6O3S/c30-23(25-14-19-6-2-3-7-20(19)15-29-18-24-17-26-29)16-33(31,32)27-21-8-10-22(11-9-21)28-12-4-1-5-13-28/h2-3,6-11,17-18,27H,1,4-5,12-16H2,(H,25,30). The maximum absolute atomic E-state index is 12.5. The van der Waals surface area contributed by atoms with E-state index in [4.69, 9.17) is 0 Å².